The second-order valence-electron chi connectivity index (χ2n) is 2.03. The third kappa shape index (κ3) is 2.16. The lowest BCUT2D eigenvalue weighted by atomic mass is 10.7. The molecule has 2 N–H and O–H groups in total. The number of hydrogen-bond donors (Lipinski definition) is 1. The van der Waals surface area contributed by atoms with Gasteiger partial charge in [-0.25, -0.2) is 5.14 Å². The molecule has 0 aliphatic carbocycles. The fourth-order valence-corrected chi connectivity index (χ4v) is 3.13. The predicted molar refractivity (Wildman–Crippen MR) is 44.9 cm³/mol. The average Bonchev–Trinajstić information content (AvgIpc) is 1.87. The quantitative estimate of drug-likeness (QED) is 0.601. The molecule has 0 spiro atoms. The summed E-state index contributed by atoms with van der Waals surface area (Å²) in [7, 11) is -8.88. The summed E-state index contributed by atoms with van der Waals surface area (Å²) in [4.78, 5) is 0. The van der Waals surface area contributed by atoms with Gasteiger partial charge in [0, 0.05) is 13.1 Å². The highest BCUT2D eigenvalue weighted by molar-refractivity contribution is 8.65. The standard InChI is InChI=1S/C4H12N2O4S2/c1-3-6(4-2)12(9,10)11(5,7)8/h3-4H2,1-2H3,(H2,5,7,8). The van der Waals surface area contributed by atoms with E-state index in [0.717, 1.165) is 4.31 Å². The smallest absolute Gasteiger partial charge is 0.215 e. The maximum atomic E-state index is 11.0. The molecule has 0 bridgehead atoms. The van der Waals surface area contributed by atoms with E-state index in [4.69, 9.17) is 0 Å². The highest BCUT2D eigenvalue weighted by atomic mass is 33.2. The Bertz CT molecular complexity index is 326. The summed E-state index contributed by atoms with van der Waals surface area (Å²) < 4.78 is 44.0. The lowest BCUT2D eigenvalue weighted by Gasteiger charge is -2.15. The first-order valence-electron chi connectivity index (χ1n) is 3.30. The molecule has 0 atom stereocenters. The molecule has 0 saturated carbocycles. The minimum atomic E-state index is -4.53. The van der Waals surface area contributed by atoms with Crippen molar-refractivity contribution in [2.75, 3.05) is 13.1 Å². The summed E-state index contributed by atoms with van der Waals surface area (Å²) in [6.45, 7) is 3.25. The molecular formula is C4H12N2O4S2. The monoisotopic (exact) mass is 216 g/mol. The van der Waals surface area contributed by atoms with Crippen LogP contribution in [0.3, 0.4) is 0 Å². The van der Waals surface area contributed by atoms with Gasteiger partial charge in [-0.2, -0.15) is 21.1 Å². The highest BCUT2D eigenvalue weighted by Gasteiger charge is 2.30. The maximum Gasteiger partial charge on any atom is 0.333 e. The number of hydrogen-bond acceptors (Lipinski definition) is 4. The Balaban J connectivity index is 5.14. The molecule has 0 saturated heterocycles. The second kappa shape index (κ2) is 3.69. The van der Waals surface area contributed by atoms with Crippen molar-refractivity contribution in [1.82, 2.24) is 4.31 Å². The van der Waals surface area contributed by atoms with E-state index < -0.39 is 18.1 Å². The molecule has 6 nitrogen and oxygen atoms in total. The van der Waals surface area contributed by atoms with Crippen molar-refractivity contribution >= 4 is 18.1 Å². The zero-order valence-corrected chi connectivity index (χ0v) is 8.52. The first-order chi connectivity index (χ1) is 5.27. The number of rotatable bonds is 4. The minimum Gasteiger partial charge on any atom is -0.215 e. The van der Waals surface area contributed by atoms with Gasteiger partial charge in [0.1, 0.15) is 0 Å². The fourth-order valence-electron chi connectivity index (χ4n) is 0.687. The molecule has 0 heterocycles. The van der Waals surface area contributed by atoms with Crippen molar-refractivity contribution < 1.29 is 16.8 Å². The molecule has 0 amide bonds. The molecule has 0 aromatic rings. The lowest BCUT2D eigenvalue weighted by molar-refractivity contribution is 0.453. The molecule has 0 rings (SSSR count). The van der Waals surface area contributed by atoms with Crippen LogP contribution in [0.5, 0.6) is 0 Å². The van der Waals surface area contributed by atoms with Gasteiger partial charge < -0.3 is 0 Å². The zero-order valence-electron chi connectivity index (χ0n) is 6.89. The summed E-state index contributed by atoms with van der Waals surface area (Å²) in [6.07, 6.45) is 0. The van der Waals surface area contributed by atoms with E-state index in [9.17, 15) is 16.8 Å². The van der Waals surface area contributed by atoms with Gasteiger partial charge in [-0.05, 0) is 0 Å². The molecule has 74 valence electrons. The van der Waals surface area contributed by atoms with Crippen molar-refractivity contribution in [3.8, 4) is 0 Å². The Hall–Kier alpha value is -0.180. The van der Waals surface area contributed by atoms with Crippen molar-refractivity contribution in [2.45, 2.75) is 13.8 Å². The van der Waals surface area contributed by atoms with E-state index in [1.165, 1.54) is 13.8 Å². The van der Waals surface area contributed by atoms with Gasteiger partial charge in [0.25, 0.3) is 0 Å². The van der Waals surface area contributed by atoms with E-state index in [1.54, 1.807) is 0 Å². The van der Waals surface area contributed by atoms with Gasteiger partial charge in [0.05, 0.1) is 0 Å². The van der Waals surface area contributed by atoms with Crippen LogP contribution in [-0.2, 0) is 18.1 Å². The lowest BCUT2D eigenvalue weighted by Crippen LogP contribution is -2.39. The Labute approximate surface area is 71.9 Å². The van der Waals surface area contributed by atoms with Crippen LogP contribution >= 0.6 is 0 Å². The van der Waals surface area contributed by atoms with E-state index >= 15 is 0 Å². The summed E-state index contributed by atoms with van der Waals surface area (Å²) in [5.74, 6) is 0. The Morgan fingerprint density at radius 1 is 1.08 bits per heavy atom. The number of nitrogens with zero attached hydrogens (tertiary/aromatic N) is 1. The van der Waals surface area contributed by atoms with Crippen LogP contribution in [-0.4, -0.2) is 34.2 Å². The van der Waals surface area contributed by atoms with Gasteiger partial charge in [-0.1, -0.05) is 13.8 Å². The van der Waals surface area contributed by atoms with Crippen LogP contribution in [0.25, 0.3) is 0 Å². The second-order valence-corrected chi connectivity index (χ2v) is 7.05. The van der Waals surface area contributed by atoms with Crippen molar-refractivity contribution in [3.05, 3.63) is 0 Å². The topological polar surface area (TPSA) is 97.5 Å². The van der Waals surface area contributed by atoms with Crippen LogP contribution in [0.2, 0.25) is 0 Å². The van der Waals surface area contributed by atoms with Gasteiger partial charge in [-0.15, -0.1) is 0 Å². The molecule has 12 heavy (non-hydrogen) atoms. The first-order valence-corrected chi connectivity index (χ1v) is 6.80. The fraction of sp³-hybridized carbons (Fsp3) is 1.00. The van der Waals surface area contributed by atoms with E-state index in [1.807, 2.05) is 0 Å². The molecule has 0 aliphatic rings. The average molecular weight is 216 g/mol. The van der Waals surface area contributed by atoms with Gasteiger partial charge in [0.2, 0.25) is 0 Å². The van der Waals surface area contributed by atoms with Crippen LogP contribution in [0.1, 0.15) is 13.8 Å². The highest BCUT2D eigenvalue weighted by Crippen LogP contribution is 2.04. The molecule has 0 aliphatic heterocycles. The normalized spacial score (nSPS) is 13.7. The third-order valence-electron chi connectivity index (χ3n) is 1.32. The van der Waals surface area contributed by atoms with Crippen LogP contribution < -0.4 is 5.14 Å². The summed E-state index contributed by atoms with van der Waals surface area (Å²) in [5, 5.41) is 4.51. The summed E-state index contributed by atoms with van der Waals surface area (Å²) in [5.41, 5.74) is 0. The molecule has 0 aromatic carbocycles. The van der Waals surface area contributed by atoms with Gasteiger partial charge in [-0.3, -0.25) is 0 Å². The summed E-state index contributed by atoms with van der Waals surface area (Å²) >= 11 is 0. The Morgan fingerprint density at radius 2 is 1.42 bits per heavy atom. The van der Waals surface area contributed by atoms with Gasteiger partial charge >= 0.3 is 18.1 Å². The molecule has 0 aromatic heterocycles. The first kappa shape index (κ1) is 11.8. The molecule has 0 fully saturated rings. The zero-order chi connectivity index (χ0) is 9.99. The maximum absolute atomic E-state index is 11.0. The SMILES string of the molecule is CCN(CC)S(=O)(=O)S(N)(=O)=O. The Morgan fingerprint density at radius 3 is 1.50 bits per heavy atom. The number of nitrogens with two attached hydrogens (primary N) is 1. The molecule has 8 heteroatoms. The van der Waals surface area contributed by atoms with Gasteiger partial charge in [0.15, 0.2) is 0 Å². The third-order valence-corrected chi connectivity index (χ3v) is 5.45. The van der Waals surface area contributed by atoms with Crippen molar-refractivity contribution in [1.29, 1.82) is 0 Å². The van der Waals surface area contributed by atoms with E-state index in [0.29, 0.717) is 0 Å². The van der Waals surface area contributed by atoms with E-state index in [-0.39, 0.29) is 13.1 Å². The van der Waals surface area contributed by atoms with E-state index in [2.05, 4.69) is 5.14 Å². The molecular weight excluding hydrogens is 204 g/mol. The van der Waals surface area contributed by atoms with Crippen molar-refractivity contribution in [3.63, 3.8) is 0 Å². The predicted octanol–water partition coefficient (Wildman–Crippen LogP) is -1.14. The van der Waals surface area contributed by atoms with Crippen LogP contribution in [0.4, 0.5) is 0 Å². The van der Waals surface area contributed by atoms with Crippen LogP contribution in [0.15, 0.2) is 0 Å². The minimum absolute atomic E-state index is 0.0925. The molecule has 0 radical (unpaired) electrons. The Kier molecular flexibility index (Phi) is 3.63. The van der Waals surface area contributed by atoms with Crippen molar-refractivity contribution in [2.24, 2.45) is 5.14 Å². The van der Waals surface area contributed by atoms with Crippen LogP contribution in [0, 0.1) is 0 Å². The largest absolute Gasteiger partial charge is 0.333 e. The molecule has 0 unspecified atom stereocenters. The summed E-state index contributed by atoms with van der Waals surface area (Å²) in [6, 6.07) is 0.